The van der Waals surface area contributed by atoms with Gasteiger partial charge in [-0.3, -0.25) is 14.9 Å². The molecule has 18 heavy (non-hydrogen) atoms. The maximum Gasteiger partial charge on any atom is 0.284 e. The third-order valence-electron chi connectivity index (χ3n) is 2.58. The van der Waals surface area contributed by atoms with Crippen LogP contribution in [0.15, 0.2) is 22.7 Å². The summed E-state index contributed by atoms with van der Waals surface area (Å²) in [6.07, 6.45) is 1.92. The van der Waals surface area contributed by atoms with Gasteiger partial charge >= 0.3 is 0 Å². The normalized spacial score (nSPS) is 10.2. The van der Waals surface area contributed by atoms with Gasteiger partial charge in [0, 0.05) is 25.2 Å². The van der Waals surface area contributed by atoms with Crippen LogP contribution in [-0.2, 0) is 0 Å². The topological polar surface area (TPSA) is 63.5 Å². The number of carbonyl (C=O) groups is 1. The molecule has 0 aromatic heterocycles. The Morgan fingerprint density at radius 3 is 2.72 bits per heavy atom. The molecule has 0 N–H and O–H groups in total. The Morgan fingerprint density at radius 2 is 2.17 bits per heavy atom. The second-order valence-electron chi connectivity index (χ2n) is 4.00. The Balaban J connectivity index is 2.93. The minimum atomic E-state index is -0.507. The number of rotatable bonds is 5. The molecule has 98 valence electrons. The van der Waals surface area contributed by atoms with Crippen LogP contribution >= 0.6 is 15.9 Å². The standard InChI is InChI=1S/C12H15BrN2O3/c1-3-4-7-14(2)12(16)9-5-6-10(13)11(8-9)15(17)18/h5-6,8H,3-4,7H2,1-2H3. The third kappa shape index (κ3) is 3.53. The first-order chi connectivity index (χ1) is 8.47. The summed E-state index contributed by atoms with van der Waals surface area (Å²) in [6.45, 7) is 2.70. The summed E-state index contributed by atoms with van der Waals surface area (Å²) in [5.41, 5.74) is 0.244. The number of hydrogen-bond donors (Lipinski definition) is 0. The van der Waals surface area contributed by atoms with Crippen LogP contribution in [0.1, 0.15) is 30.1 Å². The van der Waals surface area contributed by atoms with Crippen molar-refractivity contribution in [2.45, 2.75) is 19.8 Å². The molecule has 0 fully saturated rings. The SMILES string of the molecule is CCCCN(C)C(=O)c1ccc(Br)c([N+](=O)[O-])c1. The maximum absolute atomic E-state index is 12.0. The van der Waals surface area contributed by atoms with Crippen LogP contribution in [0.2, 0.25) is 0 Å². The van der Waals surface area contributed by atoms with E-state index in [0.717, 1.165) is 12.8 Å². The fourth-order valence-electron chi connectivity index (χ4n) is 1.50. The number of nitrogens with zero attached hydrogens (tertiary/aromatic N) is 2. The molecule has 0 radical (unpaired) electrons. The first-order valence-corrected chi connectivity index (χ1v) is 6.46. The van der Waals surface area contributed by atoms with Crippen LogP contribution in [0.25, 0.3) is 0 Å². The summed E-state index contributed by atoms with van der Waals surface area (Å²) in [7, 11) is 1.70. The summed E-state index contributed by atoms with van der Waals surface area (Å²) < 4.78 is 0.375. The minimum Gasteiger partial charge on any atom is -0.342 e. The number of amides is 1. The van der Waals surface area contributed by atoms with Gasteiger partial charge in [0.15, 0.2) is 0 Å². The van der Waals surface area contributed by atoms with E-state index in [2.05, 4.69) is 15.9 Å². The lowest BCUT2D eigenvalue weighted by atomic mass is 10.1. The summed E-state index contributed by atoms with van der Waals surface area (Å²) in [5, 5.41) is 10.8. The lowest BCUT2D eigenvalue weighted by Crippen LogP contribution is -2.27. The smallest absolute Gasteiger partial charge is 0.284 e. The molecular formula is C12H15BrN2O3. The number of halogens is 1. The highest BCUT2D eigenvalue weighted by atomic mass is 79.9. The molecule has 0 aliphatic rings. The quantitative estimate of drug-likeness (QED) is 0.619. The first kappa shape index (κ1) is 14.6. The van der Waals surface area contributed by atoms with Crippen molar-refractivity contribution in [1.29, 1.82) is 0 Å². The number of unbranched alkanes of at least 4 members (excludes halogenated alkanes) is 1. The molecule has 1 rings (SSSR count). The van der Waals surface area contributed by atoms with Crippen LogP contribution in [-0.4, -0.2) is 29.3 Å². The summed E-state index contributed by atoms with van der Waals surface area (Å²) >= 11 is 3.09. The van der Waals surface area contributed by atoms with Crippen LogP contribution in [0.5, 0.6) is 0 Å². The van der Waals surface area contributed by atoms with Gasteiger partial charge in [0.25, 0.3) is 11.6 Å². The molecular weight excluding hydrogens is 300 g/mol. The maximum atomic E-state index is 12.0. The molecule has 0 atom stereocenters. The Labute approximate surface area is 114 Å². The highest BCUT2D eigenvalue weighted by Gasteiger charge is 2.17. The number of nitro groups is 1. The van der Waals surface area contributed by atoms with Crippen molar-refractivity contribution in [2.24, 2.45) is 0 Å². The monoisotopic (exact) mass is 314 g/mol. The number of hydrogen-bond acceptors (Lipinski definition) is 3. The predicted octanol–water partition coefficient (Wildman–Crippen LogP) is 3.23. The average molecular weight is 315 g/mol. The molecule has 0 heterocycles. The summed E-state index contributed by atoms with van der Waals surface area (Å²) in [6, 6.07) is 4.41. The van der Waals surface area contributed by atoms with Crippen LogP contribution < -0.4 is 0 Å². The second kappa shape index (κ2) is 6.49. The third-order valence-corrected chi connectivity index (χ3v) is 3.25. The van der Waals surface area contributed by atoms with Gasteiger partial charge in [-0.25, -0.2) is 0 Å². The lowest BCUT2D eigenvalue weighted by molar-refractivity contribution is -0.385. The van der Waals surface area contributed by atoms with Crippen LogP contribution in [0.4, 0.5) is 5.69 Å². The Hall–Kier alpha value is -1.43. The molecule has 1 aromatic rings. The largest absolute Gasteiger partial charge is 0.342 e. The van der Waals surface area contributed by atoms with Gasteiger partial charge in [0.05, 0.1) is 9.40 Å². The molecule has 0 aliphatic carbocycles. The molecule has 0 saturated carbocycles. The lowest BCUT2D eigenvalue weighted by Gasteiger charge is -2.16. The zero-order valence-electron chi connectivity index (χ0n) is 10.4. The molecule has 0 aliphatic heterocycles. The summed E-state index contributed by atoms with van der Waals surface area (Å²) in [5.74, 6) is -0.195. The Bertz CT molecular complexity index is 463. The molecule has 5 nitrogen and oxygen atoms in total. The van der Waals surface area contributed by atoms with Gasteiger partial charge in [-0.05, 0) is 34.5 Å². The molecule has 1 aromatic carbocycles. The van der Waals surface area contributed by atoms with E-state index >= 15 is 0 Å². The van der Waals surface area contributed by atoms with Gasteiger partial charge in [-0.15, -0.1) is 0 Å². The van der Waals surface area contributed by atoms with Gasteiger partial charge in [0.2, 0.25) is 0 Å². The van der Waals surface area contributed by atoms with Gasteiger partial charge < -0.3 is 4.90 Å². The highest BCUT2D eigenvalue weighted by Crippen LogP contribution is 2.26. The van der Waals surface area contributed by atoms with Crippen molar-refractivity contribution in [3.63, 3.8) is 0 Å². The average Bonchev–Trinajstić information content (AvgIpc) is 2.35. The number of benzene rings is 1. The zero-order chi connectivity index (χ0) is 13.7. The summed E-state index contributed by atoms with van der Waals surface area (Å²) in [4.78, 5) is 23.9. The molecule has 0 spiro atoms. The molecule has 1 amide bonds. The van der Waals surface area contributed by atoms with E-state index in [4.69, 9.17) is 0 Å². The fraction of sp³-hybridized carbons (Fsp3) is 0.417. The second-order valence-corrected chi connectivity index (χ2v) is 4.86. The molecule has 0 saturated heterocycles. The van der Waals surface area contributed by atoms with Crippen LogP contribution in [0, 0.1) is 10.1 Å². The van der Waals surface area contributed by atoms with E-state index in [9.17, 15) is 14.9 Å². The van der Waals surface area contributed by atoms with Gasteiger partial charge in [-0.2, -0.15) is 0 Å². The van der Waals surface area contributed by atoms with E-state index in [1.807, 2.05) is 6.92 Å². The minimum absolute atomic E-state index is 0.0928. The van der Waals surface area contributed by atoms with Gasteiger partial charge in [-0.1, -0.05) is 13.3 Å². The van der Waals surface area contributed by atoms with E-state index in [1.54, 1.807) is 18.0 Å². The Morgan fingerprint density at radius 1 is 1.50 bits per heavy atom. The van der Waals surface area contributed by atoms with Crippen molar-refractivity contribution in [2.75, 3.05) is 13.6 Å². The first-order valence-electron chi connectivity index (χ1n) is 5.66. The van der Waals surface area contributed by atoms with E-state index < -0.39 is 4.92 Å². The van der Waals surface area contributed by atoms with Crippen molar-refractivity contribution in [3.8, 4) is 0 Å². The van der Waals surface area contributed by atoms with Gasteiger partial charge in [0.1, 0.15) is 0 Å². The van der Waals surface area contributed by atoms with Crippen molar-refractivity contribution in [1.82, 2.24) is 4.90 Å². The predicted molar refractivity (Wildman–Crippen MR) is 72.7 cm³/mol. The Kier molecular flexibility index (Phi) is 5.27. The van der Waals surface area contributed by atoms with E-state index in [0.29, 0.717) is 16.6 Å². The highest BCUT2D eigenvalue weighted by molar-refractivity contribution is 9.10. The van der Waals surface area contributed by atoms with Crippen LogP contribution in [0.3, 0.4) is 0 Å². The van der Waals surface area contributed by atoms with Crippen molar-refractivity contribution in [3.05, 3.63) is 38.3 Å². The number of carbonyl (C=O) groups excluding carboxylic acids is 1. The molecule has 6 heteroatoms. The zero-order valence-corrected chi connectivity index (χ0v) is 11.9. The van der Waals surface area contributed by atoms with E-state index in [-0.39, 0.29) is 11.6 Å². The molecule has 0 unspecified atom stereocenters. The van der Waals surface area contributed by atoms with E-state index in [1.165, 1.54) is 12.1 Å². The fourth-order valence-corrected chi connectivity index (χ4v) is 1.89. The molecule has 0 bridgehead atoms. The number of nitro benzene ring substituents is 1. The van der Waals surface area contributed by atoms with Crippen molar-refractivity contribution < 1.29 is 9.72 Å². The van der Waals surface area contributed by atoms with Crippen molar-refractivity contribution >= 4 is 27.5 Å².